The largest absolute Gasteiger partial charge is 0.466 e. The van der Waals surface area contributed by atoms with Gasteiger partial charge >= 0.3 is 0 Å². The Bertz CT molecular complexity index is 537. The van der Waals surface area contributed by atoms with Crippen LogP contribution in [0.1, 0.15) is 34.7 Å². The molecule has 7 heteroatoms. The predicted octanol–water partition coefficient (Wildman–Crippen LogP) is 1.60. The number of carbonyl (C=O) groups excluding carboxylic acids is 2. The van der Waals surface area contributed by atoms with Gasteiger partial charge in [-0.25, -0.2) is 0 Å². The molecule has 23 heavy (non-hydrogen) atoms. The van der Waals surface area contributed by atoms with Gasteiger partial charge in [0.25, 0.3) is 5.91 Å². The molecule has 1 fully saturated rings. The minimum atomic E-state index is -0.00312. The number of nitrogens with zero attached hydrogens (tertiary/aromatic N) is 2. The minimum Gasteiger partial charge on any atom is -0.466 e. The van der Waals surface area contributed by atoms with Crippen LogP contribution in [0.15, 0.2) is 10.5 Å². The fourth-order valence-corrected chi connectivity index (χ4v) is 2.75. The van der Waals surface area contributed by atoms with Gasteiger partial charge in [0.2, 0.25) is 5.91 Å². The molecular weight excluding hydrogens is 318 g/mol. The van der Waals surface area contributed by atoms with Gasteiger partial charge in [-0.05, 0) is 39.9 Å². The highest BCUT2D eigenvalue weighted by Crippen LogP contribution is 2.17. The van der Waals surface area contributed by atoms with Crippen LogP contribution in [-0.4, -0.2) is 61.4 Å². The molecule has 1 N–H and O–H groups in total. The highest BCUT2D eigenvalue weighted by Gasteiger charge is 2.26. The molecule has 0 aromatic carbocycles. The van der Waals surface area contributed by atoms with E-state index in [1.807, 2.05) is 25.8 Å². The molecule has 0 radical (unpaired) electrons. The van der Waals surface area contributed by atoms with Crippen LogP contribution >= 0.6 is 12.4 Å². The molecule has 0 aliphatic carbocycles. The molecule has 0 atom stereocenters. The van der Waals surface area contributed by atoms with Crippen molar-refractivity contribution >= 4 is 24.2 Å². The van der Waals surface area contributed by atoms with Crippen LogP contribution in [0.5, 0.6) is 0 Å². The summed E-state index contributed by atoms with van der Waals surface area (Å²) in [6, 6.07) is 1.78. The smallest absolute Gasteiger partial charge is 0.257 e. The standard InChI is InChI=1S/C16H25N3O3.ClH/c1-12-11-14(13(2)22-12)16(21)19-9-7-18(8-10-19)15(20)5-4-6-17-3;/h11,17H,4-10H2,1-3H3;1H. The predicted molar refractivity (Wildman–Crippen MR) is 91.1 cm³/mol. The Hall–Kier alpha value is -1.53. The molecule has 0 bridgehead atoms. The zero-order chi connectivity index (χ0) is 16.1. The van der Waals surface area contributed by atoms with E-state index in [-0.39, 0.29) is 24.2 Å². The third-order valence-electron chi connectivity index (χ3n) is 4.01. The van der Waals surface area contributed by atoms with E-state index in [2.05, 4.69) is 5.32 Å². The van der Waals surface area contributed by atoms with E-state index < -0.39 is 0 Å². The third kappa shape index (κ3) is 4.97. The van der Waals surface area contributed by atoms with E-state index in [0.29, 0.717) is 43.9 Å². The van der Waals surface area contributed by atoms with Gasteiger partial charge < -0.3 is 19.5 Å². The van der Waals surface area contributed by atoms with Gasteiger partial charge in [-0.15, -0.1) is 12.4 Å². The number of carbonyl (C=O) groups is 2. The lowest BCUT2D eigenvalue weighted by molar-refractivity contribution is -0.132. The van der Waals surface area contributed by atoms with Gasteiger partial charge in [0, 0.05) is 32.6 Å². The molecule has 1 aliphatic rings. The molecule has 2 rings (SSSR count). The highest BCUT2D eigenvalue weighted by atomic mass is 35.5. The van der Waals surface area contributed by atoms with Gasteiger partial charge in [0.15, 0.2) is 0 Å². The Morgan fingerprint density at radius 2 is 1.78 bits per heavy atom. The average Bonchev–Trinajstić information content (AvgIpc) is 2.85. The molecule has 1 aromatic rings. The Morgan fingerprint density at radius 3 is 2.30 bits per heavy atom. The number of amides is 2. The average molecular weight is 344 g/mol. The van der Waals surface area contributed by atoms with Gasteiger partial charge in [0.05, 0.1) is 5.56 Å². The Kier molecular flexibility index (Phi) is 7.58. The fourth-order valence-electron chi connectivity index (χ4n) is 2.75. The van der Waals surface area contributed by atoms with E-state index in [1.165, 1.54) is 0 Å². The summed E-state index contributed by atoms with van der Waals surface area (Å²) in [6.45, 7) is 6.89. The van der Waals surface area contributed by atoms with E-state index >= 15 is 0 Å². The third-order valence-corrected chi connectivity index (χ3v) is 4.01. The van der Waals surface area contributed by atoms with Crippen molar-refractivity contribution < 1.29 is 14.0 Å². The number of furan rings is 1. The lowest BCUT2D eigenvalue weighted by Gasteiger charge is -2.34. The summed E-state index contributed by atoms with van der Waals surface area (Å²) < 4.78 is 5.42. The summed E-state index contributed by atoms with van der Waals surface area (Å²) in [7, 11) is 1.88. The molecular formula is C16H26ClN3O3. The molecule has 2 heterocycles. The van der Waals surface area contributed by atoms with Crippen molar-refractivity contribution in [2.75, 3.05) is 39.8 Å². The topological polar surface area (TPSA) is 65.8 Å². The van der Waals surface area contributed by atoms with Crippen LogP contribution in [0.2, 0.25) is 0 Å². The van der Waals surface area contributed by atoms with Crippen molar-refractivity contribution in [3.63, 3.8) is 0 Å². The summed E-state index contributed by atoms with van der Waals surface area (Å²) in [4.78, 5) is 28.2. The Balaban J connectivity index is 0.00000264. The first-order valence-electron chi connectivity index (χ1n) is 7.81. The summed E-state index contributed by atoms with van der Waals surface area (Å²) >= 11 is 0. The second kappa shape index (κ2) is 8.93. The number of halogens is 1. The molecule has 1 aromatic heterocycles. The van der Waals surface area contributed by atoms with E-state index in [1.54, 1.807) is 11.0 Å². The summed E-state index contributed by atoms with van der Waals surface area (Å²) in [6.07, 6.45) is 1.41. The quantitative estimate of drug-likeness (QED) is 0.825. The van der Waals surface area contributed by atoms with Crippen molar-refractivity contribution in [1.29, 1.82) is 0 Å². The lowest BCUT2D eigenvalue weighted by Crippen LogP contribution is -2.50. The zero-order valence-electron chi connectivity index (χ0n) is 14.1. The number of rotatable bonds is 5. The van der Waals surface area contributed by atoms with Gasteiger partial charge in [0.1, 0.15) is 11.5 Å². The van der Waals surface area contributed by atoms with E-state index in [0.717, 1.165) is 18.7 Å². The zero-order valence-corrected chi connectivity index (χ0v) is 14.9. The Morgan fingerprint density at radius 1 is 1.17 bits per heavy atom. The fraction of sp³-hybridized carbons (Fsp3) is 0.625. The van der Waals surface area contributed by atoms with Gasteiger partial charge in [-0.1, -0.05) is 0 Å². The van der Waals surface area contributed by atoms with Gasteiger partial charge in [-0.3, -0.25) is 9.59 Å². The molecule has 0 unspecified atom stereocenters. The second-order valence-corrected chi connectivity index (χ2v) is 5.71. The van der Waals surface area contributed by atoms with Crippen molar-refractivity contribution in [3.05, 3.63) is 23.2 Å². The highest BCUT2D eigenvalue weighted by molar-refractivity contribution is 5.95. The molecule has 2 amide bonds. The molecule has 1 saturated heterocycles. The van der Waals surface area contributed by atoms with Crippen LogP contribution in [-0.2, 0) is 4.79 Å². The molecule has 1 aliphatic heterocycles. The first-order valence-corrected chi connectivity index (χ1v) is 7.81. The van der Waals surface area contributed by atoms with Crippen LogP contribution in [0, 0.1) is 13.8 Å². The van der Waals surface area contributed by atoms with Crippen molar-refractivity contribution in [2.24, 2.45) is 0 Å². The molecule has 0 saturated carbocycles. The van der Waals surface area contributed by atoms with E-state index in [9.17, 15) is 9.59 Å². The molecule has 130 valence electrons. The first kappa shape index (κ1) is 19.5. The first-order chi connectivity index (χ1) is 10.5. The number of aryl methyl sites for hydroxylation is 2. The summed E-state index contributed by atoms with van der Waals surface area (Å²) in [5.74, 6) is 1.58. The molecule has 0 spiro atoms. The van der Waals surface area contributed by atoms with Crippen LogP contribution < -0.4 is 5.32 Å². The number of nitrogens with one attached hydrogen (secondary N) is 1. The van der Waals surface area contributed by atoms with Gasteiger partial charge in [-0.2, -0.15) is 0 Å². The Labute approximate surface area is 143 Å². The van der Waals surface area contributed by atoms with Crippen molar-refractivity contribution in [3.8, 4) is 0 Å². The van der Waals surface area contributed by atoms with E-state index in [4.69, 9.17) is 4.42 Å². The monoisotopic (exact) mass is 343 g/mol. The maximum Gasteiger partial charge on any atom is 0.257 e. The summed E-state index contributed by atoms with van der Waals surface area (Å²) in [5, 5.41) is 3.04. The second-order valence-electron chi connectivity index (χ2n) is 5.71. The lowest BCUT2D eigenvalue weighted by atomic mass is 10.2. The minimum absolute atomic E-state index is 0. The van der Waals surface area contributed by atoms with Crippen molar-refractivity contribution in [1.82, 2.24) is 15.1 Å². The van der Waals surface area contributed by atoms with Crippen LogP contribution in [0.25, 0.3) is 0 Å². The number of hydrogen-bond donors (Lipinski definition) is 1. The van der Waals surface area contributed by atoms with Crippen LogP contribution in [0.4, 0.5) is 0 Å². The molecule has 6 nitrogen and oxygen atoms in total. The number of piperazine rings is 1. The normalized spacial score (nSPS) is 14.6. The summed E-state index contributed by atoms with van der Waals surface area (Å²) in [5.41, 5.74) is 0.631. The van der Waals surface area contributed by atoms with Crippen molar-refractivity contribution in [2.45, 2.75) is 26.7 Å². The maximum atomic E-state index is 12.5. The van der Waals surface area contributed by atoms with Crippen LogP contribution in [0.3, 0.4) is 0 Å². The SMILES string of the molecule is CNCCCC(=O)N1CCN(C(=O)c2cc(C)oc2C)CC1.Cl. The number of hydrogen-bond acceptors (Lipinski definition) is 4. The maximum absolute atomic E-state index is 12.5.